The van der Waals surface area contributed by atoms with Crippen LogP contribution in [0.3, 0.4) is 0 Å². The first-order chi connectivity index (χ1) is 7.18. The molecule has 15 heavy (non-hydrogen) atoms. The minimum Gasteiger partial charge on any atom is -0.508 e. The minimum atomic E-state index is 0.101. The Morgan fingerprint density at radius 1 is 0.867 bits per heavy atom. The van der Waals surface area contributed by atoms with Crippen LogP contribution in [0.1, 0.15) is 5.56 Å². The van der Waals surface area contributed by atoms with Gasteiger partial charge in [0.1, 0.15) is 11.5 Å². The third kappa shape index (κ3) is 1.79. The first-order valence-electron chi connectivity index (χ1n) is 4.76. The van der Waals surface area contributed by atoms with E-state index in [-0.39, 0.29) is 11.5 Å². The van der Waals surface area contributed by atoms with Gasteiger partial charge in [0, 0.05) is 11.6 Å². The van der Waals surface area contributed by atoms with Gasteiger partial charge in [0.25, 0.3) is 0 Å². The molecule has 0 fully saturated rings. The Morgan fingerprint density at radius 2 is 1.53 bits per heavy atom. The van der Waals surface area contributed by atoms with Gasteiger partial charge >= 0.3 is 0 Å². The number of benzene rings is 2. The van der Waals surface area contributed by atoms with E-state index in [0.717, 1.165) is 16.7 Å². The Hall–Kier alpha value is -1.96. The molecular formula is C13H12O2. The lowest BCUT2D eigenvalue weighted by Gasteiger charge is -2.07. The van der Waals surface area contributed by atoms with Crippen molar-refractivity contribution in [3.63, 3.8) is 0 Å². The van der Waals surface area contributed by atoms with Crippen molar-refractivity contribution < 1.29 is 10.2 Å². The maximum atomic E-state index is 9.71. The predicted octanol–water partition coefficient (Wildman–Crippen LogP) is 3.07. The average Bonchev–Trinajstić information content (AvgIpc) is 2.25. The molecule has 0 spiro atoms. The van der Waals surface area contributed by atoms with Crippen LogP contribution in [0, 0.1) is 6.92 Å². The van der Waals surface area contributed by atoms with E-state index >= 15 is 0 Å². The third-order valence-electron chi connectivity index (χ3n) is 2.40. The van der Waals surface area contributed by atoms with Gasteiger partial charge in [-0.2, -0.15) is 0 Å². The Kier molecular flexibility index (Phi) is 2.34. The highest BCUT2D eigenvalue weighted by Crippen LogP contribution is 2.34. The molecule has 2 rings (SSSR count). The molecule has 2 N–H and O–H groups in total. The minimum absolute atomic E-state index is 0.101. The van der Waals surface area contributed by atoms with Crippen molar-refractivity contribution in [3.8, 4) is 22.6 Å². The average molecular weight is 200 g/mol. The second kappa shape index (κ2) is 3.65. The third-order valence-corrected chi connectivity index (χ3v) is 2.40. The van der Waals surface area contributed by atoms with Crippen molar-refractivity contribution >= 4 is 0 Å². The molecule has 0 aromatic heterocycles. The molecule has 0 unspecified atom stereocenters. The number of hydrogen-bond acceptors (Lipinski definition) is 2. The van der Waals surface area contributed by atoms with Crippen LogP contribution in [-0.2, 0) is 0 Å². The fourth-order valence-electron chi connectivity index (χ4n) is 1.53. The lowest BCUT2D eigenvalue weighted by molar-refractivity contribution is 0.449. The Bertz CT molecular complexity index is 475. The van der Waals surface area contributed by atoms with Crippen LogP contribution in [0.25, 0.3) is 11.1 Å². The summed E-state index contributed by atoms with van der Waals surface area (Å²) in [5.74, 6) is 0.219. The second-order valence-corrected chi connectivity index (χ2v) is 3.52. The van der Waals surface area contributed by atoms with Gasteiger partial charge in [0.2, 0.25) is 0 Å². The number of phenolic OH excluding ortho intramolecular Hbond substituents is 2. The standard InChI is InChI=1S/C13H12O2/c1-9-7-11(13(15)8-12(9)14)10-5-3-2-4-6-10/h2-8,14-15H,1H3. The van der Waals surface area contributed by atoms with Gasteiger partial charge in [0.15, 0.2) is 0 Å². The van der Waals surface area contributed by atoms with Crippen molar-refractivity contribution in [1.82, 2.24) is 0 Å². The first-order valence-corrected chi connectivity index (χ1v) is 4.76. The van der Waals surface area contributed by atoms with Crippen LogP contribution in [0.5, 0.6) is 11.5 Å². The van der Waals surface area contributed by atoms with Crippen molar-refractivity contribution in [2.24, 2.45) is 0 Å². The van der Waals surface area contributed by atoms with E-state index in [1.54, 1.807) is 13.0 Å². The SMILES string of the molecule is Cc1cc(-c2ccccc2)c(O)cc1O. The fraction of sp³-hybridized carbons (Fsp3) is 0.0769. The summed E-state index contributed by atoms with van der Waals surface area (Å²) in [6.07, 6.45) is 0. The molecule has 2 nitrogen and oxygen atoms in total. The van der Waals surface area contributed by atoms with Crippen molar-refractivity contribution in [2.75, 3.05) is 0 Å². The largest absolute Gasteiger partial charge is 0.508 e. The highest BCUT2D eigenvalue weighted by Gasteiger charge is 2.07. The van der Waals surface area contributed by atoms with Gasteiger partial charge in [-0.1, -0.05) is 30.3 Å². The molecule has 0 aliphatic heterocycles. The topological polar surface area (TPSA) is 40.5 Å². The zero-order chi connectivity index (χ0) is 10.8. The van der Waals surface area contributed by atoms with Crippen LogP contribution in [-0.4, -0.2) is 10.2 Å². The number of aryl methyl sites for hydroxylation is 1. The summed E-state index contributed by atoms with van der Waals surface area (Å²) >= 11 is 0. The maximum absolute atomic E-state index is 9.71. The highest BCUT2D eigenvalue weighted by molar-refractivity contribution is 5.72. The monoisotopic (exact) mass is 200 g/mol. The van der Waals surface area contributed by atoms with E-state index in [1.165, 1.54) is 6.07 Å². The number of phenols is 2. The molecule has 2 heteroatoms. The van der Waals surface area contributed by atoms with E-state index in [9.17, 15) is 10.2 Å². The smallest absolute Gasteiger partial charge is 0.127 e. The molecule has 0 aliphatic carbocycles. The number of aromatic hydroxyl groups is 2. The molecular weight excluding hydrogens is 188 g/mol. The van der Waals surface area contributed by atoms with Crippen LogP contribution in [0.15, 0.2) is 42.5 Å². The lowest BCUT2D eigenvalue weighted by Crippen LogP contribution is -1.82. The van der Waals surface area contributed by atoms with E-state index < -0.39 is 0 Å². The van der Waals surface area contributed by atoms with Crippen molar-refractivity contribution in [3.05, 3.63) is 48.0 Å². The predicted molar refractivity (Wildman–Crippen MR) is 59.9 cm³/mol. The number of hydrogen-bond donors (Lipinski definition) is 2. The summed E-state index contributed by atoms with van der Waals surface area (Å²) in [5.41, 5.74) is 2.44. The molecule has 0 saturated carbocycles. The van der Waals surface area contributed by atoms with Crippen LogP contribution in [0.2, 0.25) is 0 Å². The van der Waals surface area contributed by atoms with E-state index in [4.69, 9.17) is 0 Å². The summed E-state index contributed by atoms with van der Waals surface area (Å²) in [5, 5.41) is 19.1. The maximum Gasteiger partial charge on any atom is 0.127 e. The van der Waals surface area contributed by atoms with Gasteiger partial charge in [-0.15, -0.1) is 0 Å². The molecule has 2 aromatic carbocycles. The van der Waals surface area contributed by atoms with Crippen molar-refractivity contribution in [2.45, 2.75) is 6.92 Å². The highest BCUT2D eigenvalue weighted by atomic mass is 16.3. The van der Waals surface area contributed by atoms with Gasteiger partial charge in [0.05, 0.1) is 0 Å². The van der Waals surface area contributed by atoms with Crippen LogP contribution in [0.4, 0.5) is 0 Å². The lowest BCUT2D eigenvalue weighted by atomic mass is 10.0. The Balaban J connectivity index is 2.59. The molecule has 76 valence electrons. The summed E-state index contributed by atoms with van der Waals surface area (Å²) < 4.78 is 0. The van der Waals surface area contributed by atoms with E-state index in [1.807, 2.05) is 30.3 Å². The van der Waals surface area contributed by atoms with Gasteiger partial charge in [-0.25, -0.2) is 0 Å². The summed E-state index contributed by atoms with van der Waals surface area (Å²) in [6, 6.07) is 12.7. The summed E-state index contributed by atoms with van der Waals surface area (Å²) in [4.78, 5) is 0. The molecule has 0 saturated heterocycles. The van der Waals surface area contributed by atoms with Crippen molar-refractivity contribution in [1.29, 1.82) is 0 Å². The first kappa shape index (κ1) is 9.59. The Labute approximate surface area is 88.4 Å². The molecule has 2 aromatic rings. The van der Waals surface area contributed by atoms with E-state index in [0.29, 0.717) is 0 Å². The zero-order valence-corrected chi connectivity index (χ0v) is 8.44. The molecule has 0 heterocycles. The zero-order valence-electron chi connectivity index (χ0n) is 8.44. The van der Waals surface area contributed by atoms with Gasteiger partial charge in [-0.3, -0.25) is 0 Å². The normalized spacial score (nSPS) is 10.2. The van der Waals surface area contributed by atoms with E-state index in [2.05, 4.69) is 0 Å². The molecule has 0 radical (unpaired) electrons. The van der Waals surface area contributed by atoms with Crippen LogP contribution >= 0.6 is 0 Å². The molecule has 0 amide bonds. The summed E-state index contributed by atoms with van der Waals surface area (Å²) in [7, 11) is 0. The molecule has 0 bridgehead atoms. The molecule has 0 atom stereocenters. The van der Waals surface area contributed by atoms with Crippen LogP contribution < -0.4 is 0 Å². The molecule has 0 aliphatic rings. The number of rotatable bonds is 1. The van der Waals surface area contributed by atoms with Gasteiger partial charge < -0.3 is 10.2 Å². The summed E-state index contributed by atoms with van der Waals surface area (Å²) in [6.45, 7) is 1.81. The van der Waals surface area contributed by atoms with Gasteiger partial charge in [-0.05, 0) is 24.1 Å². The fourth-order valence-corrected chi connectivity index (χ4v) is 1.53. The second-order valence-electron chi connectivity index (χ2n) is 3.52. The quantitative estimate of drug-likeness (QED) is 0.742. The Morgan fingerprint density at radius 3 is 2.20 bits per heavy atom.